The van der Waals surface area contributed by atoms with Gasteiger partial charge in [0.25, 0.3) is 0 Å². The summed E-state index contributed by atoms with van der Waals surface area (Å²) >= 11 is 2.47. The summed E-state index contributed by atoms with van der Waals surface area (Å²) in [6.45, 7) is 1.37. The first kappa shape index (κ1) is 16.6. The van der Waals surface area contributed by atoms with Crippen molar-refractivity contribution in [3.63, 3.8) is 0 Å². The molecule has 0 saturated carbocycles. The van der Waals surface area contributed by atoms with Crippen LogP contribution in [-0.4, -0.2) is 28.1 Å². The predicted octanol–water partition coefficient (Wildman–Crippen LogP) is -3.44. The number of rotatable bonds is 4. The van der Waals surface area contributed by atoms with Crippen LogP contribution in [0.15, 0.2) is 21.5 Å². The van der Waals surface area contributed by atoms with E-state index in [4.69, 9.17) is 0 Å². The maximum Gasteiger partial charge on any atom is 1.00 e. The Morgan fingerprint density at radius 1 is 1.58 bits per heavy atom. The number of nitrogens with zero attached hydrogens (tertiary/aromatic N) is 1. The summed E-state index contributed by atoms with van der Waals surface area (Å²) in [7, 11) is 0. The standard InChI is InChI=1S/C10H10N2O4S2.Na/c1-5(13)11-2-3-17-10-8(9(15)16)12-6(14)4-7(12)18-10;/h2-3,7H,4H2,1H3,(H,11,13)(H,15,16);/q;+1/p-1/b3-2-;/t7-;/m1./s1. The Bertz CT molecular complexity index is 492. The number of β-lactam (4-membered cyclic amide) rings is 1. The van der Waals surface area contributed by atoms with Crippen molar-refractivity contribution in [3.05, 3.63) is 21.5 Å². The number of hydrogen-bond donors (Lipinski definition) is 1. The molecule has 2 heterocycles. The van der Waals surface area contributed by atoms with E-state index in [0.29, 0.717) is 10.7 Å². The van der Waals surface area contributed by atoms with Crippen LogP contribution in [0.5, 0.6) is 0 Å². The fraction of sp³-hybridized carbons (Fsp3) is 0.300. The van der Waals surface area contributed by atoms with Gasteiger partial charge in [0.1, 0.15) is 0 Å². The summed E-state index contributed by atoms with van der Waals surface area (Å²) < 4.78 is 0.507. The number of aliphatic carboxylic acids is 1. The first-order valence-corrected chi connectivity index (χ1v) is 6.79. The average molecular weight is 308 g/mol. The van der Waals surface area contributed by atoms with Gasteiger partial charge in [-0.1, -0.05) is 23.5 Å². The van der Waals surface area contributed by atoms with Crippen LogP contribution in [0.2, 0.25) is 0 Å². The van der Waals surface area contributed by atoms with Crippen molar-refractivity contribution in [1.82, 2.24) is 10.2 Å². The SMILES string of the molecule is CC(=O)N/C=C\SC1=C(C(=O)[O-])N2C(=O)C[C@H]2S1.[Na+]. The number of carbonyl (C=O) groups excluding carboxylic acids is 3. The Balaban J connectivity index is 0.00000180. The molecule has 1 fully saturated rings. The molecule has 0 spiro atoms. The maximum atomic E-state index is 11.3. The van der Waals surface area contributed by atoms with Gasteiger partial charge in [-0.2, -0.15) is 0 Å². The molecule has 2 aliphatic heterocycles. The number of carbonyl (C=O) groups is 3. The fourth-order valence-electron chi connectivity index (χ4n) is 1.54. The van der Waals surface area contributed by atoms with E-state index in [2.05, 4.69) is 5.32 Å². The molecular weight excluding hydrogens is 299 g/mol. The van der Waals surface area contributed by atoms with E-state index >= 15 is 0 Å². The fourth-order valence-corrected chi connectivity index (χ4v) is 3.91. The van der Waals surface area contributed by atoms with Crippen LogP contribution < -0.4 is 40.0 Å². The molecule has 2 rings (SSSR count). The van der Waals surface area contributed by atoms with Crippen molar-refractivity contribution in [2.75, 3.05) is 0 Å². The number of fused-ring (bicyclic) bond motifs is 1. The van der Waals surface area contributed by atoms with E-state index in [0.717, 1.165) is 11.8 Å². The molecule has 0 bridgehead atoms. The quantitative estimate of drug-likeness (QED) is 0.429. The van der Waals surface area contributed by atoms with Crippen LogP contribution in [0.25, 0.3) is 0 Å². The Morgan fingerprint density at radius 3 is 2.79 bits per heavy atom. The minimum Gasteiger partial charge on any atom is -0.543 e. The van der Waals surface area contributed by atoms with Gasteiger partial charge in [0.05, 0.1) is 27.7 Å². The van der Waals surface area contributed by atoms with Gasteiger partial charge in [0, 0.05) is 13.1 Å². The van der Waals surface area contributed by atoms with Crippen LogP contribution in [-0.2, 0) is 14.4 Å². The number of carboxylic acids is 1. The molecule has 1 N–H and O–H groups in total. The van der Waals surface area contributed by atoms with Crippen LogP contribution in [0.3, 0.4) is 0 Å². The maximum absolute atomic E-state index is 11.3. The van der Waals surface area contributed by atoms with Gasteiger partial charge >= 0.3 is 29.6 Å². The van der Waals surface area contributed by atoms with Gasteiger partial charge < -0.3 is 15.2 Å². The molecule has 2 amide bonds. The van der Waals surface area contributed by atoms with Crippen molar-refractivity contribution in [2.45, 2.75) is 18.7 Å². The molecule has 0 radical (unpaired) electrons. The zero-order valence-corrected chi connectivity index (χ0v) is 14.0. The molecule has 6 nitrogen and oxygen atoms in total. The summed E-state index contributed by atoms with van der Waals surface area (Å²) in [6.07, 6.45) is 1.77. The zero-order chi connectivity index (χ0) is 13.3. The predicted molar refractivity (Wildman–Crippen MR) is 65.4 cm³/mol. The largest absolute Gasteiger partial charge is 1.00 e. The van der Waals surface area contributed by atoms with Gasteiger partial charge in [0.2, 0.25) is 11.8 Å². The minimum atomic E-state index is -1.35. The summed E-state index contributed by atoms with van der Waals surface area (Å²) in [5.41, 5.74) is -0.0706. The average Bonchev–Trinajstić information content (AvgIpc) is 2.57. The topological polar surface area (TPSA) is 89.5 Å². The van der Waals surface area contributed by atoms with Crippen LogP contribution in [0.4, 0.5) is 0 Å². The summed E-state index contributed by atoms with van der Waals surface area (Å²) in [5.74, 6) is -1.76. The monoisotopic (exact) mass is 308 g/mol. The summed E-state index contributed by atoms with van der Waals surface area (Å²) in [6, 6.07) is 0. The molecule has 19 heavy (non-hydrogen) atoms. The first-order valence-electron chi connectivity index (χ1n) is 5.04. The number of carboxylic acid groups (broad SMARTS) is 1. The third kappa shape index (κ3) is 3.57. The molecular formula is C10H9N2NaO4S2. The van der Waals surface area contributed by atoms with E-state index in [-0.39, 0.29) is 52.4 Å². The van der Waals surface area contributed by atoms with Crippen LogP contribution in [0, 0.1) is 0 Å². The van der Waals surface area contributed by atoms with Gasteiger partial charge in [0.15, 0.2) is 0 Å². The van der Waals surface area contributed by atoms with Gasteiger partial charge in [-0.15, -0.1) is 0 Å². The molecule has 2 aliphatic rings. The van der Waals surface area contributed by atoms with E-state index in [1.165, 1.54) is 29.8 Å². The molecule has 0 aromatic carbocycles. The van der Waals surface area contributed by atoms with Crippen molar-refractivity contribution < 1.29 is 49.0 Å². The van der Waals surface area contributed by atoms with Crippen molar-refractivity contribution >= 4 is 41.3 Å². The van der Waals surface area contributed by atoms with Crippen LogP contribution >= 0.6 is 23.5 Å². The van der Waals surface area contributed by atoms with Gasteiger partial charge in [-0.05, 0) is 5.41 Å². The number of thioether (sulfide) groups is 2. The Labute approximate surface area is 140 Å². The second-order valence-corrected chi connectivity index (χ2v) is 5.95. The third-order valence-corrected chi connectivity index (χ3v) is 4.62. The summed E-state index contributed by atoms with van der Waals surface area (Å²) in [5, 5.41) is 14.9. The number of nitrogens with one attached hydrogen (secondary N) is 1. The number of hydrogen-bond acceptors (Lipinski definition) is 6. The van der Waals surface area contributed by atoms with Gasteiger partial charge in [-0.3, -0.25) is 14.5 Å². The Morgan fingerprint density at radius 2 is 2.26 bits per heavy atom. The van der Waals surface area contributed by atoms with E-state index in [1.54, 1.807) is 5.41 Å². The minimum absolute atomic E-state index is 0. The normalized spacial score (nSPS) is 21.0. The van der Waals surface area contributed by atoms with Gasteiger partial charge in [-0.25, -0.2) is 0 Å². The summed E-state index contributed by atoms with van der Waals surface area (Å²) in [4.78, 5) is 34.2. The molecule has 0 aromatic heterocycles. The first-order chi connectivity index (χ1) is 8.50. The third-order valence-electron chi connectivity index (χ3n) is 2.31. The Hall–Kier alpha value is -0.410. The van der Waals surface area contributed by atoms with E-state index in [1.807, 2.05) is 0 Å². The molecule has 96 valence electrons. The second-order valence-electron chi connectivity index (χ2n) is 3.59. The Kier molecular flexibility index (Phi) is 6.00. The van der Waals surface area contributed by atoms with E-state index < -0.39 is 5.97 Å². The number of amides is 2. The van der Waals surface area contributed by atoms with Crippen molar-refractivity contribution in [3.8, 4) is 0 Å². The smallest absolute Gasteiger partial charge is 0.543 e. The zero-order valence-electron chi connectivity index (χ0n) is 10.3. The van der Waals surface area contributed by atoms with Crippen LogP contribution in [0.1, 0.15) is 13.3 Å². The molecule has 0 unspecified atom stereocenters. The molecule has 1 atom stereocenters. The molecule has 1 saturated heterocycles. The second kappa shape index (κ2) is 6.85. The van der Waals surface area contributed by atoms with Crippen molar-refractivity contribution in [1.29, 1.82) is 0 Å². The molecule has 0 aliphatic carbocycles. The van der Waals surface area contributed by atoms with E-state index in [9.17, 15) is 19.5 Å². The molecule has 9 heteroatoms. The molecule has 0 aromatic rings. The van der Waals surface area contributed by atoms with Crippen molar-refractivity contribution in [2.24, 2.45) is 0 Å².